The molecule has 0 radical (unpaired) electrons. The molecule has 0 aliphatic carbocycles. The molecule has 2 aromatic rings. The standard InChI is InChI=1S/C16H20ClN3/c1-11(2)12-7-9-20(10-8-12)15-13-5-3-4-6-14(13)18-16(17)19-15/h3-6,11-12H,7-10H2,1-2H3. The number of benzene rings is 1. The van der Waals surface area contributed by atoms with Crippen molar-refractivity contribution in [3.05, 3.63) is 29.5 Å². The molecule has 4 heteroatoms. The fourth-order valence-electron chi connectivity index (χ4n) is 3.05. The van der Waals surface area contributed by atoms with Crippen LogP contribution < -0.4 is 4.90 Å². The molecule has 1 aromatic carbocycles. The normalized spacial score (nSPS) is 17.1. The summed E-state index contributed by atoms with van der Waals surface area (Å²) >= 11 is 6.07. The van der Waals surface area contributed by atoms with Crippen molar-refractivity contribution in [2.45, 2.75) is 26.7 Å². The molecule has 0 atom stereocenters. The first-order valence-corrected chi connectivity index (χ1v) is 7.70. The van der Waals surface area contributed by atoms with Crippen LogP contribution in [0.3, 0.4) is 0 Å². The zero-order valence-corrected chi connectivity index (χ0v) is 12.8. The van der Waals surface area contributed by atoms with Gasteiger partial charge in [-0.3, -0.25) is 0 Å². The number of hydrogen-bond acceptors (Lipinski definition) is 3. The van der Waals surface area contributed by atoms with Gasteiger partial charge in [-0.1, -0.05) is 26.0 Å². The molecule has 1 aromatic heterocycles. The van der Waals surface area contributed by atoms with Gasteiger partial charge < -0.3 is 4.90 Å². The predicted octanol–water partition coefficient (Wildman–Crippen LogP) is 4.16. The minimum absolute atomic E-state index is 0.338. The van der Waals surface area contributed by atoms with Crippen molar-refractivity contribution >= 4 is 28.3 Å². The average Bonchev–Trinajstić information content (AvgIpc) is 2.46. The summed E-state index contributed by atoms with van der Waals surface area (Å²) in [5.41, 5.74) is 0.925. The molecule has 0 bridgehead atoms. The van der Waals surface area contributed by atoms with Gasteiger partial charge in [-0.05, 0) is 48.4 Å². The smallest absolute Gasteiger partial charge is 0.224 e. The van der Waals surface area contributed by atoms with Gasteiger partial charge in [-0.25, -0.2) is 4.98 Å². The summed E-state index contributed by atoms with van der Waals surface area (Å²) in [5.74, 6) is 2.58. The van der Waals surface area contributed by atoms with Crippen LogP contribution in [0, 0.1) is 11.8 Å². The summed E-state index contributed by atoms with van der Waals surface area (Å²) in [6, 6.07) is 8.09. The summed E-state index contributed by atoms with van der Waals surface area (Å²) in [4.78, 5) is 11.1. The van der Waals surface area contributed by atoms with Gasteiger partial charge in [0.1, 0.15) is 5.82 Å². The lowest BCUT2D eigenvalue weighted by Crippen LogP contribution is -2.35. The number of nitrogens with zero attached hydrogens (tertiary/aromatic N) is 3. The molecule has 0 spiro atoms. The Bertz CT molecular complexity index is 604. The maximum Gasteiger partial charge on any atom is 0.224 e. The first kappa shape index (κ1) is 13.6. The first-order valence-electron chi connectivity index (χ1n) is 7.32. The van der Waals surface area contributed by atoms with E-state index < -0.39 is 0 Å². The molecule has 0 saturated carbocycles. The molecule has 1 fully saturated rings. The van der Waals surface area contributed by atoms with E-state index in [1.54, 1.807) is 0 Å². The molecular formula is C16H20ClN3. The van der Waals surface area contributed by atoms with Crippen molar-refractivity contribution in [1.82, 2.24) is 9.97 Å². The molecular weight excluding hydrogens is 270 g/mol. The second-order valence-corrected chi connectivity index (χ2v) is 6.24. The molecule has 3 nitrogen and oxygen atoms in total. The van der Waals surface area contributed by atoms with Crippen LogP contribution in [0.15, 0.2) is 24.3 Å². The predicted molar refractivity (Wildman–Crippen MR) is 84.3 cm³/mol. The molecule has 1 aliphatic heterocycles. The van der Waals surface area contributed by atoms with Gasteiger partial charge in [-0.15, -0.1) is 0 Å². The number of halogens is 1. The van der Waals surface area contributed by atoms with Crippen molar-refractivity contribution in [3.8, 4) is 0 Å². The van der Waals surface area contributed by atoms with E-state index >= 15 is 0 Å². The Labute approximate surface area is 125 Å². The van der Waals surface area contributed by atoms with Gasteiger partial charge >= 0.3 is 0 Å². The second kappa shape index (κ2) is 5.57. The number of hydrogen-bond donors (Lipinski definition) is 0. The highest BCUT2D eigenvalue weighted by Gasteiger charge is 2.23. The Morgan fingerprint density at radius 2 is 1.85 bits per heavy atom. The number of fused-ring (bicyclic) bond motifs is 1. The lowest BCUT2D eigenvalue weighted by atomic mass is 9.87. The Hall–Kier alpha value is -1.35. The van der Waals surface area contributed by atoms with Crippen LogP contribution >= 0.6 is 11.6 Å². The Morgan fingerprint density at radius 1 is 1.15 bits per heavy atom. The third-order valence-electron chi connectivity index (χ3n) is 4.34. The van der Waals surface area contributed by atoms with Gasteiger partial charge in [0, 0.05) is 18.5 Å². The fourth-order valence-corrected chi connectivity index (χ4v) is 3.22. The van der Waals surface area contributed by atoms with Crippen LogP contribution in [0.5, 0.6) is 0 Å². The number of rotatable bonds is 2. The highest BCUT2D eigenvalue weighted by Crippen LogP contribution is 2.31. The second-order valence-electron chi connectivity index (χ2n) is 5.90. The molecule has 1 saturated heterocycles. The quantitative estimate of drug-likeness (QED) is 0.778. The average molecular weight is 290 g/mol. The maximum absolute atomic E-state index is 6.07. The fraction of sp³-hybridized carbons (Fsp3) is 0.500. The molecule has 0 N–H and O–H groups in total. The van der Waals surface area contributed by atoms with Crippen LogP contribution in [-0.4, -0.2) is 23.1 Å². The van der Waals surface area contributed by atoms with Crippen molar-refractivity contribution in [1.29, 1.82) is 0 Å². The number of para-hydroxylation sites is 1. The van der Waals surface area contributed by atoms with Crippen molar-refractivity contribution in [3.63, 3.8) is 0 Å². The van der Waals surface area contributed by atoms with Crippen LogP contribution in [-0.2, 0) is 0 Å². The van der Waals surface area contributed by atoms with E-state index in [1.807, 2.05) is 18.2 Å². The molecule has 2 heterocycles. The molecule has 3 rings (SSSR count). The number of aromatic nitrogens is 2. The SMILES string of the molecule is CC(C)C1CCN(c2nc(Cl)nc3ccccc23)CC1. The highest BCUT2D eigenvalue weighted by atomic mass is 35.5. The van der Waals surface area contributed by atoms with E-state index in [0.717, 1.165) is 41.6 Å². The van der Waals surface area contributed by atoms with E-state index in [0.29, 0.717) is 5.28 Å². The molecule has 106 valence electrons. The topological polar surface area (TPSA) is 29.0 Å². The van der Waals surface area contributed by atoms with Crippen LogP contribution in [0.1, 0.15) is 26.7 Å². The van der Waals surface area contributed by atoms with Gasteiger partial charge in [-0.2, -0.15) is 4.98 Å². The number of anilines is 1. The van der Waals surface area contributed by atoms with Crippen LogP contribution in [0.25, 0.3) is 10.9 Å². The summed E-state index contributed by atoms with van der Waals surface area (Å²) in [7, 11) is 0. The first-order chi connectivity index (χ1) is 9.65. The third-order valence-corrected chi connectivity index (χ3v) is 4.51. The Kier molecular flexibility index (Phi) is 3.79. The van der Waals surface area contributed by atoms with Crippen molar-refractivity contribution in [2.24, 2.45) is 11.8 Å². The minimum atomic E-state index is 0.338. The molecule has 20 heavy (non-hydrogen) atoms. The van der Waals surface area contributed by atoms with E-state index in [9.17, 15) is 0 Å². The zero-order valence-electron chi connectivity index (χ0n) is 12.0. The van der Waals surface area contributed by atoms with E-state index in [-0.39, 0.29) is 0 Å². The third kappa shape index (κ3) is 2.59. The number of piperidine rings is 1. The van der Waals surface area contributed by atoms with Gasteiger partial charge in [0.2, 0.25) is 5.28 Å². The van der Waals surface area contributed by atoms with Crippen LogP contribution in [0.4, 0.5) is 5.82 Å². The molecule has 0 amide bonds. The van der Waals surface area contributed by atoms with Gasteiger partial charge in [0.05, 0.1) is 5.52 Å². The summed E-state index contributed by atoms with van der Waals surface area (Å²) in [6.07, 6.45) is 2.46. The van der Waals surface area contributed by atoms with Crippen LogP contribution in [0.2, 0.25) is 5.28 Å². The molecule has 0 unspecified atom stereocenters. The zero-order chi connectivity index (χ0) is 14.1. The largest absolute Gasteiger partial charge is 0.356 e. The maximum atomic E-state index is 6.07. The Morgan fingerprint density at radius 3 is 2.55 bits per heavy atom. The van der Waals surface area contributed by atoms with E-state index in [4.69, 9.17) is 11.6 Å². The monoisotopic (exact) mass is 289 g/mol. The lowest BCUT2D eigenvalue weighted by molar-refractivity contribution is 0.311. The highest BCUT2D eigenvalue weighted by molar-refractivity contribution is 6.28. The van der Waals surface area contributed by atoms with Crippen molar-refractivity contribution in [2.75, 3.05) is 18.0 Å². The minimum Gasteiger partial charge on any atom is -0.356 e. The van der Waals surface area contributed by atoms with Crippen molar-refractivity contribution < 1.29 is 0 Å². The van der Waals surface area contributed by atoms with Gasteiger partial charge in [0.15, 0.2) is 0 Å². The van der Waals surface area contributed by atoms with E-state index in [1.165, 1.54) is 12.8 Å². The lowest BCUT2D eigenvalue weighted by Gasteiger charge is -2.35. The molecule has 1 aliphatic rings. The van der Waals surface area contributed by atoms with Gasteiger partial charge in [0.25, 0.3) is 0 Å². The van der Waals surface area contributed by atoms with E-state index in [2.05, 4.69) is 34.8 Å². The summed E-state index contributed by atoms with van der Waals surface area (Å²) in [6.45, 7) is 6.74. The summed E-state index contributed by atoms with van der Waals surface area (Å²) < 4.78 is 0. The summed E-state index contributed by atoms with van der Waals surface area (Å²) in [5, 5.41) is 1.43. The Balaban J connectivity index is 1.91.